The van der Waals surface area contributed by atoms with Crippen molar-refractivity contribution in [3.05, 3.63) is 0 Å². The Hall–Kier alpha value is -0.281. The molecule has 0 aromatic heterocycles. The van der Waals surface area contributed by atoms with E-state index in [2.05, 4.69) is 20.7 Å². The van der Waals surface area contributed by atoms with Crippen LogP contribution in [0.1, 0.15) is 0 Å². The van der Waals surface area contributed by atoms with E-state index in [-0.39, 0.29) is 17.1 Å². The van der Waals surface area contributed by atoms with Gasteiger partial charge in [-0.2, -0.15) is 0 Å². The molecule has 0 spiro atoms. The van der Waals surface area contributed by atoms with Crippen LogP contribution in [0.2, 0.25) is 0 Å². The molecule has 1 radical (unpaired) electrons. The van der Waals surface area contributed by atoms with Gasteiger partial charge in [-0.15, -0.1) is 10.2 Å². The summed E-state index contributed by atoms with van der Waals surface area (Å²) in [5, 5.41) is 13.1. The van der Waals surface area contributed by atoms with Crippen molar-refractivity contribution in [2.24, 2.45) is 20.7 Å². The smallest absolute Gasteiger partial charge is 0.142 e. The topological polar surface area (TPSA) is 49.4 Å². The molecule has 0 amide bonds. The Morgan fingerprint density at radius 1 is 1.00 bits per heavy atom. The van der Waals surface area contributed by atoms with Gasteiger partial charge in [0.2, 0.25) is 0 Å². The largest absolute Gasteiger partial charge is 0.175 e. The summed E-state index contributed by atoms with van der Waals surface area (Å²) in [6.45, 7) is 0.417. The minimum Gasteiger partial charge on any atom is -0.142 e. The monoisotopic (exact) mass is 133 g/mol. The first kappa shape index (κ1) is 5.72. The van der Waals surface area contributed by atoms with E-state index in [0.29, 0.717) is 6.67 Å². The van der Waals surface area contributed by atoms with Gasteiger partial charge in [0.1, 0.15) is 0 Å². The number of nitrogens with zero attached hydrogens (tertiary/aromatic N) is 4. The van der Waals surface area contributed by atoms with Crippen molar-refractivity contribution in [2.45, 2.75) is 0 Å². The molecule has 1 rings (SSSR count). The zero-order valence-electron chi connectivity index (χ0n) is 2.80. The van der Waals surface area contributed by atoms with Crippen LogP contribution >= 0.6 is 0 Å². The van der Waals surface area contributed by atoms with E-state index in [1.165, 1.54) is 0 Å². The molecule has 0 N–H and O–H groups in total. The molecular weight excluding hydrogens is 132 g/mol. The van der Waals surface area contributed by atoms with Crippen LogP contribution in [0.5, 0.6) is 0 Å². The summed E-state index contributed by atoms with van der Waals surface area (Å²) >= 11 is 0. The van der Waals surface area contributed by atoms with Crippen LogP contribution < -0.4 is 0 Å². The fraction of sp³-hybridized carbons (Fsp3) is 1.00. The van der Waals surface area contributed by atoms with Gasteiger partial charge in [0.15, 0.2) is 6.67 Å². The van der Waals surface area contributed by atoms with Crippen molar-refractivity contribution in [3.63, 3.8) is 0 Å². The quantitative estimate of drug-likeness (QED) is 0.439. The van der Waals surface area contributed by atoms with Crippen LogP contribution in [0.25, 0.3) is 0 Å². The number of rotatable bonds is 0. The normalized spacial score (nSPS) is 14.7. The average molecular weight is 134 g/mol. The Bertz CT molecular complexity index is 65.6. The molecule has 0 aromatic carbocycles. The second kappa shape index (κ2) is 2.93. The van der Waals surface area contributed by atoms with Crippen molar-refractivity contribution in [1.82, 2.24) is 0 Å². The Morgan fingerprint density at radius 3 is 1.67 bits per heavy atom. The van der Waals surface area contributed by atoms with Crippen molar-refractivity contribution in [1.29, 1.82) is 0 Å². The molecular formula is CH2CuN4. The second-order valence-corrected chi connectivity index (χ2v) is 0.603. The first-order valence-corrected chi connectivity index (χ1v) is 1.23. The third-order valence-electron chi connectivity index (χ3n) is 0.293. The van der Waals surface area contributed by atoms with E-state index in [9.17, 15) is 0 Å². The van der Waals surface area contributed by atoms with Gasteiger partial charge in [0, 0.05) is 17.1 Å². The third kappa shape index (κ3) is 1.23. The zero-order valence-corrected chi connectivity index (χ0v) is 3.74. The number of hydrogen-bond donors (Lipinski definition) is 0. The molecule has 0 aromatic rings. The molecule has 0 atom stereocenters. The van der Waals surface area contributed by atoms with Crippen LogP contribution in [0.4, 0.5) is 0 Å². The summed E-state index contributed by atoms with van der Waals surface area (Å²) in [4.78, 5) is 0. The summed E-state index contributed by atoms with van der Waals surface area (Å²) in [6.07, 6.45) is 0. The Kier molecular flexibility index (Phi) is 2.79. The maximum Gasteiger partial charge on any atom is 0.175 e. The summed E-state index contributed by atoms with van der Waals surface area (Å²) in [6, 6.07) is 0. The minimum absolute atomic E-state index is 0. The van der Waals surface area contributed by atoms with Crippen molar-refractivity contribution in [2.75, 3.05) is 6.67 Å². The van der Waals surface area contributed by atoms with Gasteiger partial charge in [0.05, 0.1) is 0 Å². The summed E-state index contributed by atoms with van der Waals surface area (Å²) in [7, 11) is 0. The predicted molar refractivity (Wildman–Crippen MR) is 14.6 cm³/mol. The van der Waals surface area contributed by atoms with Crippen LogP contribution in [0, 0.1) is 0 Å². The molecule has 4 nitrogen and oxygen atoms in total. The zero-order chi connectivity index (χ0) is 3.54. The summed E-state index contributed by atoms with van der Waals surface area (Å²) in [5.41, 5.74) is 0. The predicted octanol–water partition coefficient (Wildman–Crippen LogP) is 0.774. The van der Waals surface area contributed by atoms with Gasteiger partial charge < -0.3 is 0 Å². The molecule has 5 heteroatoms. The molecule has 6 heavy (non-hydrogen) atoms. The fourth-order valence-electron chi connectivity index (χ4n) is 0.141. The van der Waals surface area contributed by atoms with E-state index in [0.717, 1.165) is 0 Å². The van der Waals surface area contributed by atoms with Crippen molar-refractivity contribution >= 4 is 0 Å². The van der Waals surface area contributed by atoms with Crippen molar-refractivity contribution < 1.29 is 17.1 Å². The van der Waals surface area contributed by atoms with Crippen LogP contribution in [0.3, 0.4) is 0 Å². The molecule has 0 fully saturated rings. The fourth-order valence-corrected chi connectivity index (χ4v) is 0.141. The molecule has 1 heterocycles. The molecule has 0 saturated heterocycles. The van der Waals surface area contributed by atoms with Crippen LogP contribution in [-0.4, -0.2) is 6.67 Å². The van der Waals surface area contributed by atoms with Gasteiger partial charge in [0.25, 0.3) is 0 Å². The van der Waals surface area contributed by atoms with Gasteiger partial charge >= 0.3 is 0 Å². The number of hydrogen-bond acceptors (Lipinski definition) is 4. The van der Waals surface area contributed by atoms with E-state index >= 15 is 0 Å². The molecule has 37 valence electrons. The Balaban J connectivity index is 0.000000250. The van der Waals surface area contributed by atoms with E-state index in [1.807, 2.05) is 0 Å². The SMILES string of the molecule is C1N=NN=N1.[Cu]. The molecule has 0 bridgehead atoms. The van der Waals surface area contributed by atoms with Gasteiger partial charge in [-0.05, 0) is 10.4 Å². The third-order valence-corrected chi connectivity index (χ3v) is 0.293. The van der Waals surface area contributed by atoms with Gasteiger partial charge in [-0.3, -0.25) is 0 Å². The molecule has 1 aliphatic heterocycles. The van der Waals surface area contributed by atoms with Crippen LogP contribution in [0.15, 0.2) is 20.7 Å². The minimum atomic E-state index is 0. The molecule has 0 aliphatic carbocycles. The second-order valence-electron chi connectivity index (χ2n) is 0.603. The van der Waals surface area contributed by atoms with Gasteiger partial charge in [-0.25, -0.2) is 0 Å². The summed E-state index contributed by atoms with van der Waals surface area (Å²) < 4.78 is 0. The van der Waals surface area contributed by atoms with Crippen LogP contribution in [-0.2, 0) is 17.1 Å². The maximum absolute atomic E-state index is 3.38. The average Bonchev–Trinajstić information content (AvgIpc) is 1.76. The molecule has 0 saturated carbocycles. The van der Waals surface area contributed by atoms with Crippen molar-refractivity contribution in [3.8, 4) is 0 Å². The van der Waals surface area contributed by atoms with E-state index in [4.69, 9.17) is 0 Å². The summed E-state index contributed by atoms with van der Waals surface area (Å²) in [5.74, 6) is 0. The first-order valence-electron chi connectivity index (χ1n) is 1.23. The molecule has 1 aliphatic rings. The standard InChI is InChI=1S/CH2N4.Cu/c1-2-4-5-3-1;/h1H2;. The van der Waals surface area contributed by atoms with Gasteiger partial charge in [-0.1, -0.05) is 0 Å². The maximum atomic E-state index is 3.38. The van der Waals surface area contributed by atoms with E-state index < -0.39 is 0 Å². The Morgan fingerprint density at radius 2 is 1.50 bits per heavy atom. The van der Waals surface area contributed by atoms with E-state index in [1.54, 1.807) is 0 Å². The Labute approximate surface area is 45.2 Å². The first-order chi connectivity index (χ1) is 2.50. The molecule has 0 unspecified atom stereocenters.